The summed E-state index contributed by atoms with van der Waals surface area (Å²) in [7, 11) is 2.69. The number of likely N-dealkylation sites (N-methyl/N-ethyl adjacent to an activating group) is 1. The van der Waals surface area contributed by atoms with Crippen LogP contribution in [0.1, 0.15) is 29.9 Å². The Balaban J connectivity index is 1.67. The van der Waals surface area contributed by atoms with Gasteiger partial charge in [-0.2, -0.15) is 0 Å². The molecule has 0 saturated heterocycles. The lowest BCUT2D eigenvalue weighted by Crippen LogP contribution is -2.44. The molecule has 168 valence electrons. The third-order valence-electron chi connectivity index (χ3n) is 5.55. The lowest BCUT2D eigenvalue weighted by molar-refractivity contribution is -0.147. The smallest absolute Gasteiger partial charge is 0.410 e. The summed E-state index contributed by atoms with van der Waals surface area (Å²) in [5, 5.41) is 0. The van der Waals surface area contributed by atoms with Crippen molar-refractivity contribution in [2.45, 2.75) is 24.8 Å². The number of rotatable bonds is 9. The van der Waals surface area contributed by atoms with Gasteiger partial charge in [-0.3, -0.25) is 9.69 Å². The maximum Gasteiger partial charge on any atom is 0.410 e. The van der Waals surface area contributed by atoms with Crippen LogP contribution in [-0.4, -0.2) is 56.3 Å². The van der Waals surface area contributed by atoms with E-state index < -0.39 is 24.1 Å². The number of hydrogen-bond acceptors (Lipinski definition) is 6. The average molecular weight is 437 g/mol. The molecule has 32 heavy (non-hydrogen) atoms. The largest absolute Gasteiger partial charge is 0.467 e. The van der Waals surface area contributed by atoms with Crippen molar-refractivity contribution >= 4 is 18.0 Å². The highest BCUT2D eigenvalue weighted by atomic mass is 16.6. The van der Waals surface area contributed by atoms with Gasteiger partial charge >= 0.3 is 18.0 Å². The molecule has 0 aromatic heterocycles. The highest BCUT2D eigenvalue weighted by Gasteiger charge is 2.32. The lowest BCUT2D eigenvalue weighted by Gasteiger charge is -2.26. The Morgan fingerprint density at radius 1 is 1.03 bits per heavy atom. The first-order valence-corrected chi connectivity index (χ1v) is 10.4. The van der Waals surface area contributed by atoms with Gasteiger partial charge in [0.1, 0.15) is 19.3 Å². The standard InChI is InChI=1S/C25H27NO6/c1-4-15-31-23(27)14-13-22(24(28)30-3)26(2)25(29)32-16-21-19-11-7-5-9-17(19)18-10-6-8-12-20(18)21/h4-12,21-22H,1,13-16H2,2-3H3/t22-/m0/s1. The number of ether oxygens (including phenoxy) is 3. The molecule has 2 aromatic rings. The van der Waals surface area contributed by atoms with E-state index in [0.29, 0.717) is 0 Å². The predicted molar refractivity (Wildman–Crippen MR) is 119 cm³/mol. The van der Waals surface area contributed by atoms with Crippen LogP contribution in [0.2, 0.25) is 0 Å². The third kappa shape index (κ3) is 4.99. The Morgan fingerprint density at radius 3 is 2.19 bits per heavy atom. The highest BCUT2D eigenvalue weighted by Crippen LogP contribution is 2.44. The van der Waals surface area contributed by atoms with Crippen LogP contribution < -0.4 is 0 Å². The van der Waals surface area contributed by atoms with Gasteiger partial charge in [0, 0.05) is 19.4 Å². The fourth-order valence-corrected chi connectivity index (χ4v) is 3.91. The summed E-state index contributed by atoms with van der Waals surface area (Å²) >= 11 is 0. The zero-order chi connectivity index (χ0) is 23.1. The first-order valence-electron chi connectivity index (χ1n) is 10.4. The van der Waals surface area contributed by atoms with Crippen molar-refractivity contribution in [3.8, 4) is 11.1 Å². The van der Waals surface area contributed by atoms with Gasteiger partial charge in [-0.1, -0.05) is 61.2 Å². The average Bonchev–Trinajstić information content (AvgIpc) is 3.14. The molecule has 0 bridgehead atoms. The van der Waals surface area contributed by atoms with Crippen LogP contribution in [0, 0.1) is 0 Å². The van der Waals surface area contributed by atoms with Crippen molar-refractivity contribution in [3.05, 3.63) is 72.3 Å². The molecule has 0 radical (unpaired) electrons. The zero-order valence-corrected chi connectivity index (χ0v) is 18.3. The number of methoxy groups -OCH3 is 1. The molecule has 1 aliphatic carbocycles. The number of carbonyl (C=O) groups excluding carboxylic acids is 3. The summed E-state index contributed by atoms with van der Waals surface area (Å²) < 4.78 is 15.3. The number of fused-ring (bicyclic) bond motifs is 3. The van der Waals surface area contributed by atoms with Gasteiger partial charge in [0.15, 0.2) is 0 Å². The molecule has 0 spiro atoms. The van der Waals surface area contributed by atoms with E-state index in [1.165, 1.54) is 25.1 Å². The number of benzene rings is 2. The summed E-state index contributed by atoms with van der Waals surface area (Å²) in [6.45, 7) is 3.70. The van der Waals surface area contributed by atoms with Gasteiger partial charge in [-0.05, 0) is 28.7 Å². The van der Waals surface area contributed by atoms with E-state index in [0.717, 1.165) is 22.3 Å². The summed E-state index contributed by atoms with van der Waals surface area (Å²) in [4.78, 5) is 38.0. The second kappa shape index (κ2) is 10.6. The van der Waals surface area contributed by atoms with Crippen LogP contribution in [0.4, 0.5) is 4.79 Å². The van der Waals surface area contributed by atoms with Crippen LogP contribution in [0.5, 0.6) is 0 Å². The first-order chi connectivity index (χ1) is 15.5. The maximum absolute atomic E-state index is 12.8. The Labute approximate surface area is 187 Å². The Morgan fingerprint density at radius 2 is 1.62 bits per heavy atom. The minimum absolute atomic E-state index is 0.0470. The van der Waals surface area contributed by atoms with Crippen molar-refractivity contribution in [1.82, 2.24) is 4.90 Å². The van der Waals surface area contributed by atoms with Gasteiger partial charge in [0.05, 0.1) is 7.11 Å². The molecule has 0 N–H and O–H groups in total. The minimum atomic E-state index is -0.966. The second-order valence-corrected chi connectivity index (χ2v) is 7.46. The van der Waals surface area contributed by atoms with Crippen LogP contribution in [0.25, 0.3) is 11.1 Å². The molecule has 0 saturated carbocycles. The first kappa shape index (κ1) is 23.1. The van der Waals surface area contributed by atoms with Crippen LogP contribution in [0.15, 0.2) is 61.2 Å². The molecule has 3 rings (SSSR count). The number of nitrogens with zero attached hydrogens (tertiary/aromatic N) is 1. The number of carbonyl (C=O) groups is 3. The molecule has 7 nitrogen and oxygen atoms in total. The molecule has 0 fully saturated rings. The van der Waals surface area contributed by atoms with E-state index in [-0.39, 0.29) is 32.0 Å². The molecule has 0 unspecified atom stereocenters. The number of amides is 1. The van der Waals surface area contributed by atoms with E-state index in [2.05, 4.69) is 18.7 Å². The lowest BCUT2D eigenvalue weighted by atomic mass is 9.98. The molecule has 1 amide bonds. The molecule has 7 heteroatoms. The molecular formula is C25H27NO6. The van der Waals surface area contributed by atoms with Crippen molar-refractivity contribution in [2.75, 3.05) is 27.4 Å². The van der Waals surface area contributed by atoms with E-state index in [9.17, 15) is 14.4 Å². The Bertz CT molecular complexity index is 956. The van der Waals surface area contributed by atoms with E-state index in [1.807, 2.05) is 36.4 Å². The molecule has 2 aromatic carbocycles. The zero-order valence-electron chi connectivity index (χ0n) is 18.3. The molecule has 0 heterocycles. The number of esters is 2. The normalized spacial score (nSPS) is 12.8. The molecule has 0 aliphatic heterocycles. The van der Waals surface area contributed by atoms with Crippen molar-refractivity contribution in [3.63, 3.8) is 0 Å². The fraction of sp³-hybridized carbons (Fsp3) is 0.320. The van der Waals surface area contributed by atoms with Crippen molar-refractivity contribution < 1.29 is 28.6 Å². The van der Waals surface area contributed by atoms with Gasteiger partial charge in [0.25, 0.3) is 0 Å². The van der Waals surface area contributed by atoms with Crippen LogP contribution in [0.3, 0.4) is 0 Å². The SMILES string of the molecule is C=CCOC(=O)CC[C@@H](C(=O)OC)N(C)C(=O)OCC1c2ccccc2-c2ccccc21. The third-order valence-corrected chi connectivity index (χ3v) is 5.55. The molecular weight excluding hydrogens is 410 g/mol. The topological polar surface area (TPSA) is 82.1 Å². The summed E-state index contributed by atoms with van der Waals surface area (Å²) in [5.41, 5.74) is 4.45. The van der Waals surface area contributed by atoms with Gasteiger partial charge < -0.3 is 14.2 Å². The van der Waals surface area contributed by atoms with Crippen LogP contribution >= 0.6 is 0 Å². The predicted octanol–water partition coefficient (Wildman–Crippen LogP) is 3.92. The monoisotopic (exact) mass is 437 g/mol. The fourth-order valence-electron chi connectivity index (χ4n) is 3.91. The molecule has 1 aliphatic rings. The molecule has 1 atom stereocenters. The highest BCUT2D eigenvalue weighted by molar-refractivity contribution is 5.82. The number of hydrogen-bond donors (Lipinski definition) is 0. The van der Waals surface area contributed by atoms with Crippen molar-refractivity contribution in [2.24, 2.45) is 0 Å². The van der Waals surface area contributed by atoms with E-state index in [4.69, 9.17) is 14.2 Å². The van der Waals surface area contributed by atoms with Gasteiger partial charge in [-0.15, -0.1) is 0 Å². The Kier molecular flexibility index (Phi) is 7.65. The summed E-state index contributed by atoms with van der Waals surface area (Å²) in [6, 6.07) is 15.1. The second-order valence-electron chi connectivity index (χ2n) is 7.46. The van der Waals surface area contributed by atoms with Gasteiger partial charge in [0.2, 0.25) is 0 Å². The minimum Gasteiger partial charge on any atom is -0.467 e. The van der Waals surface area contributed by atoms with Crippen molar-refractivity contribution in [1.29, 1.82) is 0 Å². The Hall–Kier alpha value is -3.61. The maximum atomic E-state index is 12.8. The van der Waals surface area contributed by atoms with Gasteiger partial charge in [-0.25, -0.2) is 9.59 Å². The van der Waals surface area contributed by atoms with E-state index >= 15 is 0 Å². The van der Waals surface area contributed by atoms with Crippen LogP contribution in [-0.2, 0) is 23.8 Å². The quantitative estimate of drug-likeness (QED) is 0.336. The van der Waals surface area contributed by atoms with E-state index in [1.54, 1.807) is 0 Å². The summed E-state index contributed by atoms with van der Waals surface area (Å²) in [5.74, 6) is -1.21. The summed E-state index contributed by atoms with van der Waals surface area (Å²) in [6.07, 6.45) is 0.804.